The van der Waals surface area contributed by atoms with Gasteiger partial charge in [-0.05, 0) is 30.9 Å². The quantitative estimate of drug-likeness (QED) is 0.468. The van der Waals surface area contributed by atoms with Gasteiger partial charge in [-0.15, -0.1) is 0 Å². The number of nitro benzene ring substituents is 1. The lowest BCUT2D eigenvalue weighted by atomic mass is 10.0. The average molecular weight is 272 g/mol. The van der Waals surface area contributed by atoms with E-state index < -0.39 is 0 Å². The molecule has 82 valence electrons. The van der Waals surface area contributed by atoms with Crippen molar-refractivity contribution in [3.05, 3.63) is 39.4 Å². The van der Waals surface area contributed by atoms with Crippen LogP contribution in [0.5, 0.6) is 0 Å². The Labute approximate surface area is 97.8 Å². The molecule has 1 aromatic rings. The molecule has 0 bridgehead atoms. The molecule has 1 aromatic carbocycles. The Kier molecular flexibility index (Phi) is 4.75. The van der Waals surface area contributed by atoms with Crippen molar-refractivity contribution in [1.82, 2.24) is 0 Å². The van der Waals surface area contributed by atoms with Gasteiger partial charge in [0.15, 0.2) is 0 Å². The van der Waals surface area contributed by atoms with Crippen molar-refractivity contribution in [2.24, 2.45) is 0 Å². The second-order valence-electron chi connectivity index (χ2n) is 3.37. The van der Waals surface area contributed by atoms with Crippen LogP contribution in [0.15, 0.2) is 18.2 Å². The average Bonchev–Trinajstić information content (AvgIpc) is 2.25. The van der Waals surface area contributed by atoms with E-state index in [2.05, 4.69) is 22.9 Å². The topological polar surface area (TPSA) is 43.1 Å². The van der Waals surface area contributed by atoms with Gasteiger partial charge < -0.3 is 0 Å². The monoisotopic (exact) mass is 271 g/mol. The smallest absolute Gasteiger partial charge is 0.258 e. The van der Waals surface area contributed by atoms with E-state index in [1.165, 1.54) is 0 Å². The van der Waals surface area contributed by atoms with Gasteiger partial charge in [-0.25, -0.2) is 0 Å². The Hall–Kier alpha value is -0.900. The van der Waals surface area contributed by atoms with Gasteiger partial charge in [0.05, 0.1) is 4.92 Å². The SMILES string of the molecule is CCc1ccc([N+](=O)[O-])c(CCCBr)c1. The second-order valence-corrected chi connectivity index (χ2v) is 4.16. The maximum absolute atomic E-state index is 10.8. The fourth-order valence-corrected chi connectivity index (χ4v) is 1.77. The van der Waals surface area contributed by atoms with E-state index in [9.17, 15) is 10.1 Å². The maximum atomic E-state index is 10.8. The van der Waals surface area contributed by atoms with E-state index in [-0.39, 0.29) is 10.6 Å². The summed E-state index contributed by atoms with van der Waals surface area (Å²) in [5.74, 6) is 0. The number of hydrogen-bond donors (Lipinski definition) is 0. The summed E-state index contributed by atoms with van der Waals surface area (Å²) < 4.78 is 0. The van der Waals surface area contributed by atoms with Crippen LogP contribution in [0, 0.1) is 10.1 Å². The van der Waals surface area contributed by atoms with Crippen molar-refractivity contribution < 1.29 is 4.92 Å². The van der Waals surface area contributed by atoms with Gasteiger partial charge in [-0.2, -0.15) is 0 Å². The van der Waals surface area contributed by atoms with Crippen LogP contribution < -0.4 is 0 Å². The first-order valence-electron chi connectivity index (χ1n) is 5.01. The predicted molar refractivity (Wildman–Crippen MR) is 64.6 cm³/mol. The zero-order valence-electron chi connectivity index (χ0n) is 8.70. The molecule has 1 rings (SSSR count). The van der Waals surface area contributed by atoms with Gasteiger partial charge >= 0.3 is 0 Å². The lowest BCUT2D eigenvalue weighted by molar-refractivity contribution is -0.385. The number of aryl methyl sites for hydroxylation is 2. The van der Waals surface area contributed by atoms with Crippen molar-refractivity contribution in [3.8, 4) is 0 Å². The fourth-order valence-electron chi connectivity index (χ4n) is 1.49. The van der Waals surface area contributed by atoms with Gasteiger partial charge in [0, 0.05) is 17.0 Å². The Morgan fingerprint density at radius 2 is 2.20 bits per heavy atom. The summed E-state index contributed by atoms with van der Waals surface area (Å²) in [5.41, 5.74) is 2.25. The summed E-state index contributed by atoms with van der Waals surface area (Å²) in [7, 11) is 0. The summed E-state index contributed by atoms with van der Waals surface area (Å²) in [6, 6.07) is 5.39. The molecule has 0 fully saturated rings. The first-order valence-corrected chi connectivity index (χ1v) is 6.13. The summed E-state index contributed by atoms with van der Waals surface area (Å²) in [4.78, 5) is 10.5. The van der Waals surface area contributed by atoms with Crippen LogP contribution >= 0.6 is 15.9 Å². The lowest BCUT2D eigenvalue weighted by Crippen LogP contribution is -1.97. The number of benzene rings is 1. The highest BCUT2D eigenvalue weighted by Crippen LogP contribution is 2.22. The van der Waals surface area contributed by atoms with E-state index >= 15 is 0 Å². The highest BCUT2D eigenvalue weighted by molar-refractivity contribution is 9.09. The summed E-state index contributed by atoms with van der Waals surface area (Å²) in [6.07, 6.45) is 2.60. The van der Waals surface area contributed by atoms with Crippen LogP contribution in [-0.2, 0) is 12.8 Å². The van der Waals surface area contributed by atoms with Crippen molar-refractivity contribution in [3.63, 3.8) is 0 Å². The van der Waals surface area contributed by atoms with Crippen LogP contribution in [-0.4, -0.2) is 10.3 Å². The van der Waals surface area contributed by atoms with Crippen molar-refractivity contribution >= 4 is 21.6 Å². The molecule has 0 heterocycles. The number of halogens is 1. The van der Waals surface area contributed by atoms with Gasteiger partial charge in [0.2, 0.25) is 0 Å². The fraction of sp³-hybridized carbons (Fsp3) is 0.455. The van der Waals surface area contributed by atoms with Gasteiger partial charge in [0.25, 0.3) is 5.69 Å². The molecule has 0 aliphatic rings. The van der Waals surface area contributed by atoms with Crippen molar-refractivity contribution in [2.45, 2.75) is 26.2 Å². The van der Waals surface area contributed by atoms with Crippen LogP contribution in [0.1, 0.15) is 24.5 Å². The number of alkyl halides is 1. The Morgan fingerprint density at radius 1 is 1.47 bits per heavy atom. The molecule has 3 nitrogen and oxygen atoms in total. The van der Waals surface area contributed by atoms with E-state index in [0.717, 1.165) is 35.7 Å². The van der Waals surface area contributed by atoms with Crippen LogP contribution in [0.2, 0.25) is 0 Å². The molecule has 0 saturated heterocycles. The number of rotatable bonds is 5. The standard InChI is InChI=1S/C11H14BrNO2/c1-2-9-5-6-11(13(14)15)10(8-9)4-3-7-12/h5-6,8H,2-4,7H2,1H3. The van der Waals surface area contributed by atoms with Crippen LogP contribution in [0.4, 0.5) is 5.69 Å². The zero-order chi connectivity index (χ0) is 11.3. The highest BCUT2D eigenvalue weighted by atomic mass is 79.9. The van der Waals surface area contributed by atoms with E-state index in [1.54, 1.807) is 6.07 Å². The minimum absolute atomic E-state index is 0.244. The molecule has 4 heteroatoms. The molecule has 0 radical (unpaired) electrons. The summed E-state index contributed by atoms with van der Waals surface area (Å²) >= 11 is 3.33. The Morgan fingerprint density at radius 3 is 2.73 bits per heavy atom. The zero-order valence-corrected chi connectivity index (χ0v) is 10.3. The molecule has 0 aliphatic carbocycles. The van der Waals surface area contributed by atoms with Crippen molar-refractivity contribution in [2.75, 3.05) is 5.33 Å². The first-order chi connectivity index (χ1) is 7.19. The minimum atomic E-state index is -0.303. The molecule has 15 heavy (non-hydrogen) atoms. The Balaban J connectivity index is 2.99. The lowest BCUT2D eigenvalue weighted by Gasteiger charge is -2.04. The van der Waals surface area contributed by atoms with Gasteiger partial charge in [-0.3, -0.25) is 10.1 Å². The molecule has 0 aliphatic heterocycles. The molecule has 0 spiro atoms. The Bertz CT molecular complexity index is 352. The largest absolute Gasteiger partial charge is 0.272 e. The maximum Gasteiger partial charge on any atom is 0.272 e. The third kappa shape index (κ3) is 3.30. The molecular weight excluding hydrogens is 258 g/mol. The number of hydrogen-bond acceptors (Lipinski definition) is 2. The molecule has 0 unspecified atom stereocenters. The van der Waals surface area contributed by atoms with Crippen LogP contribution in [0.25, 0.3) is 0 Å². The van der Waals surface area contributed by atoms with Crippen LogP contribution in [0.3, 0.4) is 0 Å². The third-order valence-electron chi connectivity index (χ3n) is 2.33. The van der Waals surface area contributed by atoms with E-state index in [4.69, 9.17) is 0 Å². The van der Waals surface area contributed by atoms with Crippen molar-refractivity contribution in [1.29, 1.82) is 0 Å². The molecule has 0 N–H and O–H groups in total. The van der Waals surface area contributed by atoms with E-state index in [0.29, 0.717) is 0 Å². The van der Waals surface area contributed by atoms with E-state index in [1.807, 2.05) is 12.1 Å². The van der Waals surface area contributed by atoms with Gasteiger partial charge in [-0.1, -0.05) is 28.9 Å². The molecule has 0 amide bonds. The summed E-state index contributed by atoms with van der Waals surface area (Å²) in [6.45, 7) is 2.05. The molecule has 0 atom stereocenters. The third-order valence-corrected chi connectivity index (χ3v) is 2.89. The molecule has 0 aromatic heterocycles. The molecular formula is C11H14BrNO2. The normalized spacial score (nSPS) is 10.3. The molecule has 0 saturated carbocycles. The number of nitro groups is 1. The number of nitrogens with zero attached hydrogens (tertiary/aromatic N) is 1. The predicted octanol–water partition coefficient (Wildman–Crippen LogP) is 3.48. The minimum Gasteiger partial charge on any atom is -0.258 e. The van der Waals surface area contributed by atoms with Gasteiger partial charge in [0.1, 0.15) is 0 Å². The highest BCUT2D eigenvalue weighted by Gasteiger charge is 2.12. The summed E-state index contributed by atoms with van der Waals surface area (Å²) in [5, 5.41) is 11.7. The first kappa shape index (κ1) is 12.2. The second kappa shape index (κ2) is 5.85.